The molecule has 5 nitrogen and oxygen atoms in total. The minimum Gasteiger partial charge on any atom is -0.354 e. The number of hydrogen-bond acceptors (Lipinski definition) is 5. The number of aromatic nitrogens is 2. The highest BCUT2D eigenvalue weighted by atomic mass is 15.2. The predicted molar refractivity (Wildman–Crippen MR) is 111 cm³/mol. The van der Waals surface area contributed by atoms with E-state index in [-0.39, 0.29) is 0 Å². The number of fused-ring (bicyclic) bond motifs is 2. The Morgan fingerprint density at radius 1 is 0.926 bits per heavy atom. The van der Waals surface area contributed by atoms with E-state index in [4.69, 9.17) is 9.97 Å². The molecule has 1 N–H and O–H groups in total. The molecule has 1 aromatic carbocycles. The topological polar surface area (TPSA) is 53.4 Å². The number of aryl methyl sites for hydroxylation is 1. The molecule has 0 radical (unpaired) electrons. The Hall–Kier alpha value is -2.79. The van der Waals surface area contributed by atoms with Gasteiger partial charge in [-0.3, -0.25) is 4.99 Å². The van der Waals surface area contributed by atoms with Gasteiger partial charge in [-0.1, -0.05) is 0 Å². The molecule has 0 aliphatic carbocycles. The third kappa shape index (κ3) is 2.98. The number of hydrogen-bond donors (Lipinski definition) is 1. The van der Waals surface area contributed by atoms with Crippen molar-refractivity contribution in [1.82, 2.24) is 15.3 Å². The second kappa shape index (κ2) is 6.43. The predicted octanol–water partition coefficient (Wildman–Crippen LogP) is 3.66. The van der Waals surface area contributed by atoms with E-state index in [9.17, 15) is 0 Å². The van der Waals surface area contributed by atoms with Crippen molar-refractivity contribution in [1.29, 1.82) is 0 Å². The standard InChI is InChI=1S/C22H23N5/c1-14-11-21-16(12-15(2)24-21)13-17(14)18-3-4-20-19(25-18)5-6-22(26-20)27-9-7-23-8-10-27/h3-6,11,13,23H,7-10,12H2,1-2H3. The van der Waals surface area contributed by atoms with Gasteiger partial charge in [-0.25, -0.2) is 9.97 Å². The van der Waals surface area contributed by atoms with Crippen molar-refractivity contribution >= 4 is 28.3 Å². The van der Waals surface area contributed by atoms with E-state index in [1.165, 1.54) is 22.4 Å². The molecule has 1 saturated heterocycles. The fourth-order valence-corrected chi connectivity index (χ4v) is 4.00. The fraction of sp³-hybridized carbons (Fsp3) is 0.318. The van der Waals surface area contributed by atoms with E-state index < -0.39 is 0 Å². The van der Waals surface area contributed by atoms with Crippen LogP contribution in [0.2, 0.25) is 0 Å². The number of pyridine rings is 2. The average molecular weight is 357 g/mol. The van der Waals surface area contributed by atoms with Crippen LogP contribution in [-0.2, 0) is 6.42 Å². The highest BCUT2D eigenvalue weighted by Gasteiger charge is 2.16. The Labute approximate surface area is 159 Å². The average Bonchev–Trinajstić information content (AvgIpc) is 3.06. The van der Waals surface area contributed by atoms with Gasteiger partial charge in [0.1, 0.15) is 5.82 Å². The van der Waals surface area contributed by atoms with Gasteiger partial charge in [0.05, 0.1) is 22.4 Å². The van der Waals surface area contributed by atoms with Crippen LogP contribution >= 0.6 is 0 Å². The summed E-state index contributed by atoms with van der Waals surface area (Å²) in [5.74, 6) is 1.04. The number of nitrogens with zero attached hydrogens (tertiary/aromatic N) is 4. The van der Waals surface area contributed by atoms with Crippen LogP contribution < -0.4 is 10.2 Å². The molecule has 3 aromatic rings. The van der Waals surface area contributed by atoms with Gasteiger partial charge in [0.2, 0.25) is 0 Å². The smallest absolute Gasteiger partial charge is 0.129 e. The molecule has 27 heavy (non-hydrogen) atoms. The summed E-state index contributed by atoms with van der Waals surface area (Å²) in [4.78, 5) is 16.7. The van der Waals surface area contributed by atoms with E-state index in [1.807, 2.05) is 0 Å². The molecular weight excluding hydrogens is 334 g/mol. The van der Waals surface area contributed by atoms with Crippen molar-refractivity contribution in [3.05, 3.63) is 47.5 Å². The second-order valence-electron chi connectivity index (χ2n) is 7.46. The fourth-order valence-electron chi connectivity index (χ4n) is 4.00. The highest BCUT2D eigenvalue weighted by molar-refractivity contribution is 5.93. The van der Waals surface area contributed by atoms with E-state index in [2.05, 4.69) is 65.5 Å². The summed E-state index contributed by atoms with van der Waals surface area (Å²) >= 11 is 0. The zero-order valence-electron chi connectivity index (χ0n) is 15.8. The highest BCUT2D eigenvalue weighted by Crippen LogP contribution is 2.34. The molecule has 2 aliphatic heterocycles. The van der Waals surface area contributed by atoms with Crippen LogP contribution in [-0.4, -0.2) is 41.9 Å². The van der Waals surface area contributed by atoms with E-state index >= 15 is 0 Å². The molecule has 0 unspecified atom stereocenters. The molecule has 2 aromatic heterocycles. The molecule has 0 bridgehead atoms. The summed E-state index contributed by atoms with van der Waals surface area (Å²) in [6.45, 7) is 8.25. The van der Waals surface area contributed by atoms with Gasteiger partial charge < -0.3 is 10.2 Å². The van der Waals surface area contributed by atoms with Crippen LogP contribution in [0, 0.1) is 6.92 Å². The van der Waals surface area contributed by atoms with Crippen LogP contribution in [0.4, 0.5) is 11.5 Å². The van der Waals surface area contributed by atoms with Crippen molar-refractivity contribution in [2.75, 3.05) is 31.1 Å². The molecule has 0 amide bonds. The number of piperazine rings is 1. The first kappa shape index (κ1) is 16.4. The number of anilines is 1. The van der Waals surface area contributed by atoms with Crippen molar-refractivity contribution in [2.24, 2.45) is 4.99 Å². The van der Waals surface area contributed by atoms with Gasteiger partial charge >= 0.3 is 0 Å². The minimum absolute atomic E-state index is 0.936. The molecule has 1 fully saturated rings. The molecular formula is C22H23N5. The van der Waals surface area contributed by atoms with E-state index in [0.717, 1.165) is 60.8 Å². The van der Waals surface area contributed by atoms with Gasteiger partial charge in [-0.2, -0.15) is 0 Å². The normalized spacial score (nSPS) is 16.5. The third-order valence-electron chi connectivity index (χ3n) is 5.43. The summed E-state index contributed by atoms with van der Waals surface area (Å²) in [5.41, 5.74) is 8.88. The second-order valence-corrected chi connectivity index (χ2v) is 7.46. The first-order chi connectivity index (χ1) is 13.2. The summed E-state index contributed by atoms with van der Waals surface area (Å²) in [7, 11) is 0. The summed E-state index contributed by atoms with van der Waals surface area (Å²) in [6.07, 6.45) is 0.936. The number of rotatable bonds is 2. The van der Waals surface area contributed by atoms with Crippen molar-refractivity contribution < 1.29 is 0 Å². The Morgan fingerprint density at radius 3 is 2.56 bits per heavy atom. The summed E-state index contributed by atoms with van der Waals surface area (Å²) in [6, 6.07) is 12.8. The first-order valence-electron chi connectivity index (χ1n) is 9.59. The summed E-state index contributed by atoms with van der Waals surface area (Å²) in [5, 5.41) is 3.38. The van der Waals surface area contributed by atoms with Crippen LogP contribution in [0.15, 0.2) is 41.4 Å². The number of aliphatic imine (C=N–C) groups is 1. The first-order valence-corrected chi connectivity index (χ1v) is 9.59. The Bertz CT molecular complexity index is 1060. The monoisotopic (exact) mass is 357 g/mol. The lowest BCUT2D eigenvalue weighted by Gasteiger charge is -2.28. The number of benzene rings is 1. The van der Waals surface area contributed by atoms with Gasteiger partial charge in [-0.15, -0.1) is 0 Å². The van der Waals surface area contributed by atoms with Crippen LogP contribution in [0.1, 0.15) is 18.1 Å². The van der Waals surface area contributed by atoms with Gasteiger partial charge in [-0.05, 0) is 61.4 Å². The maximum atomic E-state index is 4.91. The Kier molecular flexibility index (Phi) is 3.90. The summed E-state index contributed by atoms with van der Waals surface area (Å²) < 4.78 is 0. The zero-order valence-corrected chi connectivity index (χ0v) is 15.8. The van der Waals surface area contributed by atoms with Crippen LogP contribution in [0.25, 0.3) is 22.3 Å². The lowest BCUT2D eigenvalue weighted by Crippen LogP contribution is -2.43. The lowest BCUT2D eigenvalue weighted by atomic mass is 9.99. The maximum Gasteiger partial charge on any atom is 0.129 e. The van der Waals surface area contributed by atoms with Crippen molar-refractivity contribution in [2.45, 2.75) is 20.3 Å². The van der Waals surface area contributed by atoms with Crippen LogP contribution in [0.5, 0.6) is 0 Å². The van der Waals surface area contributed by atoms with Gasteiger partial charge in [0.25, 0.3) is 0 Å². The maximum absolute atomic E-state index is 4.91. The largest absolute Gasteiger partial charge is 0.354 e. The van der Waals surface area contributed by atoms with Crippen molar-refractivity contribution in [3.63, 3.8) is 0 Å². The Morgan fingerprint density at radius 2 is 1.70 bits per heavy atom. The molecule has 5 rings (SSSR count). The minimum atomic E-state index is 0.936. The molecule has 4 heterocycles. The quantitative estimate of drug-likeness (QED) is 0.760. The lowest BCUT2D eigenvalue weighted by molar-refractivity contribution is 0.585. The molecule has 0 spiro atoms. The SMILES string of the molecule is CC1=Nc2cc(C)c(-c3ccc4nc(N5CCNCC5)ccc4n3)cc2C1. The Balaban J connectivity index is 1.51. The van der Waals surface area contributed by atoms with Crippen molar-refractivity contribution in [3.8, 4) is 11.3 Å². The molecule has 0 atom stereocenters. The van der Waals surface area contributed by atoms with Gasteiger partial charge in [0.15, 0.2) is 0 Å². The molecule has 2 aliphatic rings. The molecule has 136 valence electrons. The molecule has 0 saturated carbocycles. The number of nitrogens with one attached hydrogen (secondary N) is 1. The van der Waals surface area contributed by atoms with Crippen LogP contribution in [0.3, 0.4) is 0 Å². The third-order valence-corrected chi connectivity index (χ3v) is 5.43. The zero-order chi connectivity index (χ0) is 18.4. The van der Waals surface area contributed by atoms with E-state index in [1.54, 1.807) is 0 Å². The molecule has 5 heteroatoms. The van der Waals surface area contributed by atoms with Gasteiger partial charge in [0, 0.05) is 43.9 Å². The van der Waals surface area contributed by atoms with E-state index in [0.29, 0.717) is 0 Å².